The number of fused-ring (bicyclic) bond motifs is 1. The molecule has 162 valence electrons. The van der Waals surface area contributed by atoms with Crippen molar-refractivity contribution in [1.82, 2.24) is 19.3 Å². The second-order valence-electron chi connectivity index (χ2n) is 8.68. The summed E-state index contributed by atoms with van der Waals surface area (Å²) in [5.74, 6) is -1.51. The fraction of sp³-hybridized carbons (Fsp3) is 0.632. The third-order valence-corrected chi connectivity index (χ3v) is 7.90. The molecular weight excluding hydrogens is 414 g/mol. The summed E-state index contributed by atoms with van der Waals surface area (Å²) in [6.07, 6.45) is 6.34. The third-order valence-electron chi connectivity index (χ3n) is 6.60. The lowest BCUT2D eigenvalue weighted by Crippen LogP contribution is -2.42. The molecule has 1 spiro atoms. The van der Waals surface area contributed by atoms with Crippen LogP contribution in [0.1, 0.15) is 25.7 Å². The summed E-state index contributed by atoms with van der Waals surface area (Å²) in [6.45, 7) is 1.75. The van der Waals surface area contributed by atoms with Gasteiger partial charge in [-0.3, -0.25) is 0 Å². The minimum absolute atomic E-state index is 0.0464. The van der Waals surface area contributed by atoms with Crippen molar-refractivity contribution in [2.24, 2.45) is 5.41 Å². The molecule has 0 radical (unpaired) electrons. The fourth-order valence-electron chi connectivity index (χ4n) is 4.63. The number of anilines is 2. The van der Waals surface area contributed by atoms with E-state index in [-0.39, 0.29) is 12.5 Å². The van der Waals surface area contributed by atoms with E-state index in [0.717, 1.165) is 5.39 Å². The lowest BCUT2D eigenvalue weighted by atomic mass is 10.1. The van der Waals surface area contributed by atoms with Crippen LogP contribution in [-0.2, 0) is 10.0 Å². The van der Waals surface area contributed by atoms with Crippen LogP contribution in [0.4, 0.5) is 20.5 Å². The Bertz CT molecular complexity index is 1090. The van der Waals surface area contributed by atoms with Gasteiger partial charge < -0.3 is 10.2 Å². The molecule has 11 heteroatoms. The number of sulfonamides is 1. The highest BCUT2D eigenvalue weighted by atomic mass is 32.2. The summed E-state index contributed by atoms with van der Waals surface area (Å²) in [5.41, 5.74) is -0.261. The summed E-state index contributed by atoms with van der Waals surface area (Å²) in [5, 5.41) is 4.10. The molecule has 2 aliphatic heterocycles. The van der Waals surface area contributed by atoms with Gasteiger partial charge in [0.05, 0.1) is 11.7 Å². The van der Waals surface area contributed by atoms with Crippen LogP contribution in [-0.4, -0.2) is 72.1 Å². The molecule has 2 aromatic rings. The highest BCUT2D eigenvalue weighted by molar-refractivity contribution is 7.88. The van der Waals surface area contributed by atoms with Gasteiger partial charge in [0.25, 0.3) is 5.92 Å². The molecule has 3 fully saturated rings. The molecule has 0 bridgehead atoms. The highest BCUT2D eigenvalue weighted by Crippen LogP contribution is 2.65. The van der Waals surface area contributed by atoms with Crippen LogP contribution >= 0.6 is 0 Å². The van der Waals surface area contributed by atoms with E-state index in [9.17, 15) is 17.2 Å². The van der Waals surface area contributed by atoms with Gasteiger partial charge in [-0.05, 0) is 25.3 Å². The molecule has 8 nitrogen and oxygen atoms in total. The topological polar surface area (TPSA) is 91.3 Å². The maximum absolute atomic E-state index is 13.8. The molecule has 1 saturated carbocycles. The zero-order chi connectivity index (χ0) is 21.1. The summed E-state index contributed by atoms with van der Waals surface area (Å²) in [6, 6.07) is 1.88. The predicted molar refractivity (Wildman–Crippen MR) is 109 cm³/mol. The van der Waals surface area contributed by atoms with E-state index in [2.05, 4.69) is 20.3 Å². The largest absolute Gasteiger partial charge is 0.354 e. The van der Waals surface area contributed by atoms with E-state index < -0.39 is 21.4 Å². The van der Waals surface area contributed by atoms with Crippen molar-refractivity contribution < 1.29 is 17.2 Å². The Balaban J connectivity index is 1.34. The maximum atomic E-state index is 13.8. The van der Waals surface area contributed by atoms with E-state index in [4.69, 9.17) is 0 Å². The molecule has 4 heterocycles. The molecule has 0 amide bonds. The van der Waals surface area contributed by atoms with Gasteiger partial charge >= 0.3 is 0 Å². The number of pyridine rings is 1. The lowest BCUT2D eigenvalue weighted by Gasteiger charge is -2.30. The van der Waals surface area contributed by atoms with E-state index in [1.165, 1.54) is 10.6 Å². The molecular formula is C19H24F2N6O2S. The lowest BCUT2D eigenvalue weighted by molar-refractivity contribution is 0.0711. The second-order valence-corrected chi connectivity index (χ2v) is 10.7. The van der Waals surface area contributed by atoms with E-state index in [1.54, 1.807) is 12.4 Å². The quantitative estimate of drug-likeness (QED) is 0.782. The highest BCUT2D eigenvalue weighted by Gasteiger charge is 2.72. The van der Waals surface area contributed by atoms with Crippen molar-refractivity contribution in [3.63, 3.8) is 0 Å². The molecule has 30 heavy (non-hydrogen) atoms. The third kappa shape index (κ3) is 3.37. The summed E-state index contributed by atoms with van der Waals surface area (Å²) in [7, 11) is -3.17. The smallest absolute Gasteiger partial charge is 0.256 e. The minimum Gasteiger partial charge on any atom is -0.354 e. The van der Waals surface area contributed by atoms with Gasteiger partial charge in [0.15, 0.2) is 5.82 Å². The SMILES string of the molecule is CS(=O)(=O)N1CCC(Nc2ncc3ccnc(N4CCC5(C4)CC5(F)F)c3n2)CC1. The van der Waals surface area contributed by atoms with Gasteiger partial charge in [-0.15, -0.1) is 0 Å². The first-order valence-electron chi connectivity index (χ1n) is 10.1. The zero-order valence-corrected chi connectivity index (χ0v) is 17.5. The molecule has 3 aliphatic rings. The van der Waals surface area contributed by atoms with Crippen molar-refractivity contribution in [2.75, 3.05) is 42.7 Å². The van der Waals surface area contributed by atoms with E-state index >= 15 is 0 Å². The van der Waals surface area contributed by atoms with Crippen LogP contribution in [0.15, 0.2) is 18.5 Å². The van der Waals surface area contributed by atoms with Crippen LogP contribution < -0.4 is 10.2 Å². The zero-order valence-electron chi connectivity index (χ0n) is 16.7. The molecule has 5 rings (SSSR count). The van der Waals surface area contributed by atoms with Crippen LogP contribution in [0.25, 0.3) is 10.9 Å². The first-order valence-corrected chi connectivity index (χ1v) is 12.0. The molecule has 1 unspecified atom stereocenters. The standard InChI is InChI=1S/C19H24F2N6O2S/c1-30(28,29)27-7-3-14(4-8-27)24-17-23-10-13-2-6-22-16(15(13)25-17)26-9-5-18(12-26)11-19(18,20)21/h2,6,10,14H,3-5,7-9,11-12H2,1H3,(H,23,24,25). The molecule has 1 N–H and O–H groups in total. The number of hydrogen-bond acceptors (Lipinski definition) is 7. The van der Waals surface area contributed by atoms with Gasteiger partial charge in [-0.2, -0.15) is 0 Å². The number of alkyl halides is 2. The summed E-state index contributed by atoms with van der Waals surface area (Å²) >= 11 is 0. The normalized spacial score (nSPS) is 27.1. The van der Waals surface area contributed by atoms with Gasteiger partial charge in [-0.1, -0.05) is 0 Å². The molecule has 0 aromatic carbocycles. The van der Waals surface area contributed by atoms with Crippen LogP contribution in [0.5, 0.6) is 0 Å². The Kier molecular flexibility index (Phi) is 4.41. The van der Waals surface area contributed by atoms with Crippen molar-refractivity contribution in [3.05, 3.63) is 18.5 Å². The van der Waals surface area contributed by atoms with Crippen LogP contribution in [0, 0.1) is 5.41 Å². The Hall–Kier alpha value is -2.14. The first-order chi connectivity index (χ1) is 14.2. The Labute approximate surface area is 173 Å². The van der Waals surface area contributed by atoms with Gasteiger partial charge in [0.2, 0.25) is 16.0 Å². The van der Waals surface area contributed by atoms with Crippen molar-refractivity contribution in [2.45, 2.75) is 37.6 Å². The van der Waals surface area contributed by atoms with E-state index in [1.807, 2.05) is 11.0 Å². The molecule has 1 aliphatic carbocycles. The summed E-state index contributed by atoms with van der Waals surface area (Å²) < 4.78 is 52.4. The van der Waals surface area contributed by atoms with Crippen molar-refractivity contribution in [3.8, 4) is 0 Å². The number of halogens is 2. The Morgan fingerprint density at radius 3 is 2.57 bits per heavy atom. The monoisotopic (exact) mass is 438 g/mol. The van der Waals surface area contributed by atoms with Gasteiger partial charge in [0, 0.05) is 56.4 Å². The molecule has 2 aromatic heterocycles. The predicted octanol–water partition coefficient (Wildman–Crippen LogP) is 2.10. The van der Waals surface area contributed by atoms with Gasteiger partial charge in [-0.25, -0.2) is 36.5 Å². The number of nitrogens with one attached hydrogen (secondary N) is 1. The molecule has 1 atom stereocenters. The number of rotatable bonds is 4. The van der Waals surface area contributed by atoms with E-state index in [0.29, 0.717) is 62.7 Å². The average Bonchev–Trinajstić information content (AvgIpc) is 3.01. The van der Waals surface area contributed by atoms with Crippen LogP contribution in [0.2, 0.25) is 0 Å². The number of aromatic nitrogens is 3. The Morgan fingerprint density at radius 2 is 1.93 bits per heavy atom. The van der Waals surface area contributed by atoms with Gasteiger partial charge in [0.1, 0.15) is 5.52 Å². The number of piperidine rings is 1. The maximum Gasteiger partial charge on any atom is 0.256 e. The summed E-state index contributed by atoms with van der Waals surface area (Å²) in [4.78, 5) is 15.4. The minimum atomic E-state index is -3.17. The van der Waals surface area contributed by atoms with Crippen molar-refractivity contribution >= 4 is 32.7 Å². The van der Waals surface area contributed by atoms with Crippen molar-refractivity contribution in [1.29, 1.82) is 0 Å². The molecule has 2 saturated heterocycles. The fourth-order valence-corrected chi connectivity index (χ4v) is 5.51. The number of nitrogens with zero attached hydrogens (tertiary/aromatic N) is 5. The van der Waals surface area contributed by atoms with Crippen LogP contribution in [0.3, 0.4) is 0 Å². The first kappa shape index (κ1) is 19.8. The number of hydrogen-bond donors (Lipinski definition) is 1. The average molecular weight is 439 g/mol. The Morgan fingerprint density at radius 1 is 1.20 bits per heavy atom. The second kappa shape index (κ2) is 6.68.